The van der Waals surface area contributed by atoms with Crippen LogP contribution in [0.2, 0.25) is 0 Å². The maximum Gasteiger partial charge on any atom is 0.410 e. The van der Waals surface area contributed by atoms with Crippen LogP contribution in [0.25, 0.3) is 0 Å². The van der Waals surface area contributed by atoms with E-state index in [0.717, 1.165) is 0 Å². The fourth-order valence-electron chi connectivity index (χ4n) is 4.66. The number of hydrogen-bond acceptors (Lipinski definition) is 9. The highest BCUT2D eigenvalue weighted by atomic mass is 16.6. The third-order valence-electron chi connectivity index (χ3n) is 6.80. The van der Waals surface area contributed by atoms with E-state index in [1.165, 1.54) is 16.9 Å². The molecule has 1 aromatic carbocycles. The number of nitrogens with one attached hydrogen (secondary N) is 2. The Morgan fingerprint density at radius 1 is 1.15 bits per heavy atom. The summed E-state index contributed by atoms with van der Waals surface area (Å²) in [6.07, 6.45) is -0.176. The lowest BCUT2D eigenvalue weighted by atomic mass is 10.0. The Morgan fingerprint density at radius 2 is 1.93 bits per heavy atom. The molecule has 2 aliphatic heterocycles. The van der Waals surface area contributed by atoms with Gasteiger partial charge in [0.15, 0.2) is 11.5 Å². The van der Waals surface area contributed by atoms with Gasteiger partial charge in [0.2, 0.25) is 11.8 Å². The zero-order chi connectivity index (χ0) is 29.5. The molecule has 0 saturated carbocycles. The molecule has 0 aliphatic carbocycles. The number of cyclic esters (lactones) is 1. The molecule has 1 aromatic heterocycles. The highest BCUT2D eigenvalue weighted by Gasteiger charge is 2.29. The molecule has 2 N–H and O–H groups in total. The van der Waals surface area contributed by atoms with E-state index < -0.39 is 18.0 Å². The molecule has 0 unspecified atom stereocenters. The number of carbonyl (C=O) groups excluding carboxylic acids is 4. The lowest BCUT2D eigenvalue weighted by Crippen LogP contribution is -2.47. The second-order valence-electron chi connectivity index (χ2n) is 10.2. The van der Waals surface area contributed by atoms with Crippen molar-refractivity contribution in [2.75, 3.05) is 53.0 Å². The minimum absolute atomic E-state index is 0.0386. The summed E-state index contributed by atoms with van der Waals surface area (Å²) < 4.78 is 18.0. The largest absolute Gasteiger partial charge is 0.493 e. The van der Waals surface area contributed by atoms with E-state index in [2.05, 4.69) is 20.7 Å². The first-order valence-corrected chi connectivity index (χ1v) is 13.7. The van der Waals surface area contributed by atoms with E-state index in [-0.39, 0.29) is 57.1 Å². The molecule has 222 valence electrons. The molecule has 14 nitrogen and oxygen atoms in total. The van der Waals surface area contributed by atoms with Crippen molar-refractivity contribution in [3.8, 4) is 11.5 Å². The minimum atomic E-state index is -0.561. The lowest BCUT2D eigenvalue weighted by molar-refractivity contribution is -0.136. The summed E-state index contributed by atoms with van der Waals surface area (Å²) in [5.74, 6) is 0.863. The lowest BCUT2D eigenvalue weighted by Gasteiger charge is -2.27. The van der Waals surface area contributed by atoms with Crippen molar-refractivity contribution >= 4 is 23.8 Å². The average Bonchev–Trinajstić information content (AvgIpc) is 3.51. The molecule has 1 saturated heterocycles. The van der Waals surface area contributed by atoms with Gasteiger partial charge in [0, 0.05) is 18.7 Å². The fraction of sp³-hybridized carbons (Fsp3) is 0.556. The van der Waals surface area contributed by atoms with E-state index in [0.29, 0.717) is 48.2 Å². The quantitative estimate of drug-likeness (QED) is 0.544. The predicted molar refractivity (Wildman–Crippen MR) is 145 cm³/mol. The molecule has 14 heteroatoms. The SMILES string of the molecule is COc1ccc2cc1OCCn1nc(C)nc1[C@H](C(C)C)NC(=O)CN(C(=O)CN1CCOC1=O)CCCNC2=O. The second kappa shape index (κ2) is 13.3. The first-order chi connectivity index (χ1) is 19.7. The minimum Gasteiger partial charge on any atom is -0.493 e. The van der Waals surface area contributed by atoms with Crippen LogP contribution in [0.3, 0.4) is 0 Å². The summed E-state index contributed by atoms with van der Waals surface area (Å²) in [4.78, 5) is 58.5. The molecule has 1 fully saturated rings. The van der Waals surface area contributed by atoms with E-state index >= 15 is 0 Å². The molecule has 2 aliphatic rings. The second-order valence-corrected chi connectivity index (χ2v) is 10.2. The third-order valence-corrected chi connectivity index (χ3v) is 6.80. The molecule has 4 rings (SSSR count). The van der Waals surface area contributed by atoms with Gasteiger partial charge in [-0.15, -0.1) is 0 Å². The normalized spacial score (nSPS) is 19.0. The Labute approximate surface area is 238 Å². The standard InChI is InChI=1S/C27H37N7O7/c1-17(2)24-25-29-18(3)31-34(25)11-13-40-21-14-19(6-7-20(21)39-4)26(37)28-8-5-9-32(15-22(35)30-24)23(36)16-33-10-12-41-27(33)38/h6-7,14,17,24H,5,8-13,15-16H2,1-4H3,(H,28,37)(H,30,35)/t24-/m0/s1. The van der Waals surface area contributed by atoms with Crippen molar-refractivity contribution in [3.05, 3.63) is 35.4 Å². The van der Waals surface area contributed by atoms with Crippen LogP contribution in [0.5, 0.6) is 11.5 Å². The Hall–Kier alpha value is -4.36. The number of aryl methyl sites for hydroxylation is 1. The van der Waals surface area contributed by atoms with Crippen LogP contribution >= 0.6 is 0 Å². The summed E-state index contributed by atoms with van der Waals surface area (Å²) >= 11 is 0. The van der Waals surface area contributed by atoms with Crippen LogP contribution in [-0.2, 0) is 20.9 Å². The van der Waals surface area contributed by atoms with Gasteiger partial charge in [-0.1, -0.05) is 13.8 Å². The van der Waals surface area contributed by atoms with E-state index in [9.17, 15) is 19.2 Å². The smallest absolute Gasteiger partial charge is 0.410 e. The number of hydrogen-bond donors (Lipinski definition) is 2. The number of rotatable bonds is 4. The first kappa shape index (κ1) is 29.6. The number of fused-ring (bicyclic) bond motifs is 3. The molecular weight excluding hydrogens is 534 g/mol. The number of carbonyl (C=O) groups is 4. The Kier molecular flexibility index (Phi) is 9.63. The number of amides is 4. The number of ether oxygens (including phenoxy) is 3. The van der Waals surface area contributed by atoms with Crippen molar-refractivity contribution in [1.82, 2.24) is 35.2 Å². The predicted octanol–water partition coefficient (Wildman–Crippen LogP) is 0.902. The molecule has 41 heavy (non-hydrogen) atoms. The van der Waals surface area contributed by atoms with Crippen molar-refractivity contribution < 1.29 is 33.4 Å². The number of methoxy groups -OCH3 is 1. The first-order valence-electron chi connectivity index (χ1n) is 13.7. The molecule has 1 atom stereocenters. The van der Waals surface area contributed by atoms with Crippen LogP contribution in [0.1, 0.15) is 48.3 Å². The van der Waals surface area contributed by atoms with Crippen molar-refractivity contribution in [2.45, 2.75) is 39.8 Å². The summed E-state index contributed by atoms with van der Waals surface area (Å²) in [6, 6.07) is 4.44. The molecule has 4 amide bonds. The van der Waals surface area contributed by atoms with Gasteiger partial charge in [-0.05, 0) is 37.5 Å². The maximum absolute atomic E-state index is 13.3. The Bertz CT molecular complexity index is 1280. The van der Waals surface area contributed by atoms with Gasteiger partial charge in [-0.3, -0.25) is 19.3 Å². The van der Waals surface area contributed by atoms with Gasteiger partial charge in [-0.25, -0.2) is 14.5 Å². The van der Waals surface area contributed by atoms with E-state index in [4.69, 9.17) is 14.2 Å². The molecule has 3 heterocycles. The van der Waals surface area contributed by atoms with Crippen molar-refractivity contribution in [3.63, 3.8) is 0 Å². The van der Waals surface area contributed by atoms with Gasteiger partial charge in [0.1, 0.15) is 31.4 Å². The molecule has 2 bridgehead atoms. The van der Waals surface area contributed by atoms with Crippen molar-refractivity contribution in [1.29, 1.82) is 0 Å². The topological polar surface area (TPSA) is 157 Å². The number of benzene rings is 1. The van der Waals surface area contributed by atoms with Crippen LogP contribution in [0.4, 0.5) is 4.79 Å². The maximum atomic E-state index is 13.3. The van der Waals surface area contributed by atoms with Gasteiger partial charge >= 0.3 is 6.09 Å². The number of aromatic nitrogens is 3. The van der Waals surface area contributed by atoms with Crippen LogP contribution in [-0.4, -0.2) is 101 Å². The van der Waals surface area contributed by atoms with Crippen LogP contribution < -0.4 is 20.1 Å². The molecule has 0 radical (unpaired) electrons. The summed E-state index contributed by atoms with van der Waals surface area (Å²) in [7, 11) is 1.52. The highest BCUT2D eigenvalue weighted by molar-refractivity contribution is 5.95. The van der Waals surface area contributed by atoms with E-state index in [1.807, 2.05) is 13.8 Å². The molecular formula is C27H37N7O7. The Balaban J connectivity index is 1.61. The zero-order valence-corrected chi connectivity index (χ0v) is 23.8. The van der Waals surface area contributed by atoms with Crippen LogP contribution in [0, 0.1) is 12.8 Å². The number of nitrogens with zero attached hydrogens (tertiary/aromatic N) is 5. The highest BCUT2D eigenvalue weighted by Crippen LogP contribution is 2.28. The third kappa shape index (κ3) is 7.44. The van der Waals surface area contributed by atoms with Crippen molar-refractivity contribution in [2.24, 2.45) is 5.92 Å². The molecule has 2 aromatic rings. The average molecular weight is 572 g/mol. The molecule has 0 spiro atoms. The zero-order valence-electron chi connectivity index (χ0n) is 23.8. The van der Waals surface area contributed by atoms with Gasteiger partial charge < -0.3 is 29.7 Å². The van der Waals surface area contributed by atoms with Gasteiger partial charge in [0.05, 0.1) is 32.8 Å². The van der Waals surface area contributed by atoms with Crippen LogP contribution in [0.15, 0.2) is 18.2 Å². The van der Waals surface area contributed by atoms with Gasteiger partial charge in [0.25, 0.3) is 5.91 Å². The fourth-order valence-corrected chi connectivity index (χ4v) is 4.66. The summed E-state index contributed by atoms with van der Waals surface area (Å²) in [5, 5.41) is 10.4. The van der Waals surface area contributed by atoms with E-state index in [1.54, 1.807) is 29.8 Å². The Morgan fingerprint density at radius 3 is 2.63 bits per heavy atom. The summed E-state index contributed by atoms with van der Waals surface area (Å²) in [5.41, 5.74) is 0.388. The monoisotopic (exact) mass is 571 g/mol. The summed E-state index contributed by atoms with van der Waals surface area (Å²) in [6.45, 7) is 6.76. The van der Waals surface area contributed by atoms with Gasteiger partial charge in [-0.2, -0.15) is 5.10 Å².